The minimum absolute atomic E-state index is 0.117. The molecule has 0 saturated carbocycles. The van der Waals surface area contributed by atoms with E-state index in [0.717, 1.165) is 5.69 Å². The lowest BCUT2D eigenvalue weighted by Gasteiger charge is -2.15. The zero-order valence-electron chi connectivity index (χ0n) is 13.8. The van der Waals surface area contributed by atoms with Crippen LogP contribution in [0.4, 0.5) is 4.79 Å². The summed E-state index contributed by atoms with van der Waals surface area (Å²) in [5, 5.41) is 5.28. The average Bonchev–Trinajstić information content (AvgIpc) is 3.07. The number of aromatic nitrogens is 2. The van der Waals surface area contributed by atoms with E-state index in [2.05, 4.69) is 20.6 Å². The van der Waals surface area contributed by atoms with E-state index in [1.807, 2.05) is 4.72 Å². The number of nitrogens with zero attached hydrogens (tertiary/aromatic N) is 1. The van der Waals surface area contributed by atoms with Gasteiger partial charge in [0, 0.05) is 29.9 Å². The molecule has 11 heteroatoms. The van der Waals surface area contributed by atoms with E-state index in [1.54, 1.807) is 6.20 Å². The molecule has 1 unspecified atom stereocenters. The molecular formula is C15H18ClN5O4S. The Balaban J connectivity index is 1.81. The maximum atomic E-state index is 12.1. The second-order valence-corrected chi connectivity index (χ2v) is 7.49. The fraction of sp³-hybridized carbons (Fsp3) is 0.267. The topological polar surface area (TPSA) is 133 Å². The first-order valence-electron chi connectivity index (χ1n) is 7.62. The molecule has 0 aliphatic carbocycles. The maximum Gasteiger partial charge on any atom is 0.329 e. The van der Waals surface area contributed by atoms with Gasteiger partial charge in [0.25, 0.3) is 10.0 Å². The van der Waals surface area contributed by atoms with E-state index < -0.39 is 28.0 Å². The van der Waals surface area contributed by atoms with Gasteiger partial charge in [0.15, 0.2) is 0 Å². The zero-order chi connectivity index (χ0) is 19.2. The van der Waals surface area contributed by atoms with Crippen molar-refractivity contribution in [1.29, 1.82) is 0 Å². The Bertz CT molecular complexity index is 853. The van der Waals surface area contributed by atoms with Gasteiger partial charge in [-0.2, -0.15) is 0 Å². The smallest absolute Gasteiger partial charge is 0.329 e. The van der Waals surface area contributed by atoms with Crippen LogP contribution >= 0.6 is 11.6 Å². The Kier molecular flexibility index (Phi) is 6.58. The summed E-state index contributed by atoms with van der Waals surface area (Å²) in [6.07, 6.45) is 3.73. The van der Waals surface area contributed by atoms with Gasteiger partial charge in [-0.1, -0.05) is 11.6 Å². The van der Waals surface area contributed by atoms with Crippen molar-refractivity contribution in [2.45, 2.75) is 24.3 Å². The Labute approximate surface area is 155 Å². The van der Waals surface area contributed by atoms with Gasteiger partial charge < -0.3 is 15.6 Å². The fourth-order valence-electron chi connectivity index (χ4n) is 1.98. The zero-order valence-corrected chi connectivity index (χ0v) is 15.4. The molecule has 0 aliphatic heterocycles. The van der Waals surface area contributed by atoms with Crippen LogP contribution < -0.4 is 15.4 Å². The predicted octanol–water partition coefficient (Wildman–Crippen LogP) is 0.798. The summed E-state index contributed by atoms with van der Waals surface area (Å²) in [7, 11) is -4.06. The molecule has 0 radical (unpaired) electrons. The molecule has 0 fully saturated rings. The number of carbonyl (C=O) groups is 2. The number of rotatable bonds is 7. The molecule has 1 aromatic heterocycles. The molecule has 0 aliphatic rings. The van der Waals surface area contributed by atoms with Crippen LogP contribution in [0.5, 0.6) is 0 Å². The second kappa shape index (κ2) is 8.68. The quantitative estimate of drug-likeness (QED) is 0.546. The monoisotopic (exact) mass is 399 g/mol. The standard InChI is InChI=1S/C15H18ClN5O4S/c1-10(14(22)18-7-6-12-8-17-9-19-12)20-15(23)21-26(24,25)13-4-2-11(16)3-5-13/h2-5,8-10H,6-7H2,1H3,(H,17,19)(H,18,22)(H2,20,21,23). The Morgan fingerprint density at radius 2 is 1.96 bits per heavy atom. The van der Waals surface area contributed by atoms with Crippen molar-refractivity contribution < 1.29 is 18.0 Å². The number of sulfonamides is 1. The van der Waals surface area contributed by atoms with E-state index >= 15 is 0 Å². The molecule has 140 valence electrons. The molecule has 1 heterocycles. The van der Waals surface area contributed by atoms with Crippen molar-refractivity contribution in [3.05, 3.63) is 47.5 Å². The van der Waals surface area contributed by atoms with Gasteiger partial charge in [0.05, 0.1) is 11.2 Å². The summed E-state index contributed by atoms with van der Waals surface area (Å²) < 4.78 is 26.0. The minimum atomic E-state index is -4.06. The lowest BCUT2D eigenvalue weighted by Crippen LogP contribution is -2.49. The fourth-order valence-corrected chi connectivity index (χ4v) is 3.02. The molecule has 0 bridgehead atoms. The average molecular weight is 400 g/mol. The number of H-pyrrole nitrogens is 1. The molecule has 9 nitrogen and oxygen atoms in total. The third kappa shape index (κ3) is 5.74. The van der Waals surface area contributed by atoms with Crippen LogP contribution in [0.3, 0.4) is 0 Å². The molecule has 1 atom stereocenters. The Hall–Kier alpha value is -2.59. The number of nitrogens with one attached hydrogen (secondary N) is 4. The SMILES string of the molecule is CC(NC(=O)NS(=O)(=O)c1ccc(Cl)cc1)C(=O)NCCc1cnc[nH]1. The third-order valence-corrected chi connectivity index (χ3v) is 4.94. The van der Waals surface area contributed by atoms with E-state index in [1.165, 1.54) is 37.5 Å². The number of amides is 3. The van der Waals surface area contributed by atoms with Crippen LogP contribution in [0.2, 0.25) is 5.02 Å². The molecule has 3 amide bonds. The van der Waals surface area contributed by atoms with E-state index in [0.29, 0.717) is 18.0 Å². The summed E-state index contributed by atoms with van der Waals surface area (Å²) in [6, 6.07) is 3.40. The second-order valence-electron chi connectivity index (χ2n) is 5.37. The van der Waals surface area contributed by atoms with Crippen molar-refractivity contribution in [3.63, 3.8) is 0 Å². The molecule has 1 aromatic carbocycles. The van der Waals surface area contributed by atoms with Gasteiger partial charge in [-0.05, 0) is 31.2 Å². The van der Waals surface area contributed by atoms with Crippen LogP contribution in [-0.2, 0) is 21.2 Å². The van der Waals surface area contributed by atoms with Gasteiger partial charge in [0.2, 0.25) is 5.91 Å². The number of urea groups is 1. The van der Waals surface area contributed by atoms with Crippen molar-refractivity contribution in [2.24, 2.45) is 0 Å². The van der Waals surface area contributed by atoms with E-state index in [4.69, 9.17) is 11.6 Å². The molecule has 0 spiro atoms. The van der Waals surface area contributed by atoms with Crippen molar-refractivity contribution in [1.82, 2.24) is 25.3 Å². The highest BCUT2D eigenvalue weighted by molar-refractivity contribution is 7.90. The number of imidazole rings is 1. The lowest BCUT2D eigenvalue weighted by atomic mass is 10.3. The number of halogens is 1. The van der Waals surface area contributed by atoms with Gasteiger partial charge in [-0.25, -0.2) is 22.9 Å². The molecule has 0 saturated heterocycles. The first kappa shape index (κ1) is 19.7. The number of hydrogen-bond acceptors (Lipinski definition) is 5. The Morgan fingerprint density at radius 3 is 2.58 bits per heavy atom. The van der Waals surface area contributed by atoms with Crippen LogP contribution in [0.25, 0.3) is 0 Å². The molecule has 2 aromatic rings. The number of aromatic amines is 1. The summed E-state index contributed by atoms with van der Waals surface area (Å²) in [5.74, 6) is -0.441. The molecular weight excluding hydrogens is 382 g/mol. The summed E-state index contributed by atoms with van der Waals surface area (Å²) in [5.41, 5.74) is 0.859. The van der Waals surface area contributed by atoms with Crippen molar-refractivity contribution >= 4 is 33.6 Å². The van der Waals surface area contributed by atoms with Gasteiger partial charge in [0.1, 0.15) is 6.04 Å². The lowest BCUT2D eigenvalue weighted by molar-refractivity contribution is -0.122. The van der Waals surface area contributed by atoms with Gasteiger partial charge in [-0.15, -0.1) is 0 Å². The number of carbonyl (C=O) groups excluding carboxylic acids is 2. The van der Waals surface area contributed by atoms with Crippen LogP contribution in [0, 0.1) is 0 Å². The highest BCUT2D eigenvalue weighted by Gasteiger charge is 2.21. The van der Waals surface area contributed by atoms with E-state index in [-0.39, 0.29) is 4.90 Å². The summed E-state index contributed by atoms with van der Waals surface area (Å²) in [6.45, 7) is 1.79. The summed E-state index contributed by atoms with van der Waals surface area (Å²) >= 11 is 5.70. The van der Waals surface area contributed by atoms with Crippen molar-refractivity contribution in [3.8, 4) is 0 Å². The highest BCUT2D eigenvalue weighted by Crippen LogP contribution is 2.13. The van der Waals surface area contributed by atoms with Crippen molar-refractivity contribution in [2.75, 3.05) is 6.54 Å². The number of benzene rings is 1. The van der Waals surface area contributed by atoms with Gasteiger partial charge in [-0.3, -0.25) is 4.79 Å². The highest BCUT2D eigenvalue weighted by atomic mass is 35.5. The number of hydrogen-bond donors (Lipinski definition) is 4. The van der Waals surface area contributed by atoms with Gasteiger partial charge >= 0.3 is 6.03 Å². The molecule has 2 rings (SSSR count). The minimum Gasteiger partial charge on any atom is -0.354 e. The first-order chi connectivity index (χ1) is 12.3. The Morgan fingerprint density at radius 1 is 1.27 bits per heavy atom. The van der Waals surface area contributed by atoms with Crippen LogP contribution in [0.15, 0.2) is 41.7 Å². The summed E-state index contributed by atoms with van der Waals surface area (Å²) in [4.78, 5) is 30.4. The largest absolute Gasteiger partial charge is 0.354 e. The molecule has 4 N–H and O–H groups in total. The normalized spacial score (nSPS) is 12.2. The van der Waals surface area contributed by atoms with E-state index in [9.17, 15) is 18.0 Å². The van der Waals surface area contributed by atoms with Crippen LogP contribution in [-0.4, -0.2) is 42.9 Å². The maximum absolute atomic E-state index is 12.1. The predicted molar refractivity (Wildman–Crippen MR) is 95.1 cm³/mol. The third-order valence-electron chi connectivity index (χ3n) is 3.34. The molecule has 26 heavy (non-hydrogen) atoms. The first-order valence-corrected chi connectivity index (χ1v) is 9.48. The van der Waals surface area contributed by atoms with Crippen LogP contribution in [0.1, 0.15) is 12.6 Å².